The molecule has 2 aliphatic rings. The molecule has 0 saturated carbocycles. The summed E-state index contributed by atoms with van der Waals surface area (Å²) in [6, 6.07) is 13.4. The van der Waals surface area contributed by atoms with Crippen LogP contribution in [-0.2, 0) is 25.3 Å². The van der Waals surface area contributed by atoms with Gasteiger partial charge in [-0.1, -0.05) is 55.8 Å². The quantitative estimate of drug-likeness (QED) is 0.251. The first kappa shape index (κ1) is 33.2. The van der Waals surface area contributed by atoms with Gasteiger partial charge < -0.3 is 25.3 Å². The number of nitrogens with zero attached hydrogens (tertiary/aromatic N) is 3. The lowest BCUT2D eigenvalue weighted by Gasteiger charge is -2.30. The Bertz CT molecular complexity index is 2080. The molecule has 2 atom stereocenters. The number of carbonyl (C=O) groups is 2. The van der Waals surface area contributed by atoms with Crippen LogP contribution in [0.1, 0.15) is 59.8 Å². The lowest BCUT2D eigenvalue weighted by atomic mass is 9.85. The zero-order valence-corrected chi connectivity index (χ0v) is 28.6. The first-order valence-corrected chi connectivity index (χ1v) is 16.3. The molecule has 1 fully saturated rings. The highest BCUT2D eigenvalue weighted by Gasteiger charge is 2.42. The highest BCUT2D eigenvalue weighted by atomic mass is 35.5. The molecule has 2 amide bonds. The topological polar surface area (TPSA) is 136 Å². The van der Waals surface area contributed by atoms with Crippen molar-refractivity contribution in [1.29, 1.82) is 0 Å². The Hall–Kier alpha value is -4.74. The fraction of sp³-hybridized carbons (Fsp3) is 0.361. The molecule has 0 radical (unpaired) electrons. The molecule has 1 saturated heterocycles. The van der Waals surface area contributed by atoms with Gasteiger partial charge in [-0.15, -0.1) is 0 Å². The van der Waals surface area contributed by atoms with Crippen LogP contribution in [0.5, 0.6) is 5.88 Å². The van der Waals surface area contributed by atoms with Crippen LogP contribution < -0.4 is 31.9 Å². The smallest absolute Gasteiger partial charge is 0.330 e. The zero-order chi connectivity index (χ0) is 34.5. The van der Waals surface area contributed by atoms with E-state index < -0.39 is 17.2 Å². The number of pyridine rings is 1. The van der Waals surface area contributed by atoms with Crippen LogP contribution in [0.15, 0.2) is 58.3 Å². The molecule has 2 aromatic carbocycles. The fourth-order valence-corrected chi connectivity index (χ4v) is 7.26. The Morgan fingerprint density at radius 2 is 1.81 bits per heavy atom. The minimum atomic E-state index is -0.676. The fourth-order valence-electron chi connectivity index (χ4n) is 6.94. The molecule has 6 rings (SSSR count). The van der Waals surface area contributed by atoms with Crippen LogP contribution in [0.4, 0.5) is 5.69 Å². The lowest BCUT2D eigenvalue weighted by molar-refractivity contribution is -0.119. The Morgan fingerprint density at radius 1 is 1.10 bits per heavy atom. The number of aromatic nitrogens is 3. The van der Waals surface area contributed by atoms with Gasteiger partial charge in [0.25, 0.3) is 11.5 Å². The molecule has 48 heavy (non-hydrogen) atoms. The summed E-state index contributed by atoms with van der Waals surface area (Å²) in [6.07, 6.45) is 3.42. The predicted molar refractivity (Wildman–Crippen MR) is 186 cm³/mol. The number of carbonyl (C=O) groups excluding carboxylic acids is 2. The van der Waals surface area contributed by atoms with Crippen LogP contribution in [0.3, 0.4) is 0 Å². The third-order valence-electron chi connectivity index (χ3n) is 9.51. The molecule has 1 aliphatic heterocycles. The number of nitrogens with one attached hydrogen (secondary N) is 3. The van der Waals surface area contributed by atoms with Gasteiger partial charge in [0.2, 0.25) is 11.8 Å². The van der Waals surface area contributed by atoms with Gasteiger partial charge in [-0.25, -0.2) is 9.78 Å². The minimum Gasteiger partial charge on any atom is -0.481 e. The second kappa shape index (κ2) is 12.7. The van der Waals surface area contributed by atoms with E-state index in [1.165, 1.54) is 24.9 Å². The summed E-state index contributed by atoms with van der Waals surface area (Å²) in [4.78, 5) is 54.7. The lowest BCUT2D eigenvalue weighted by Crippen LogP contribution is -2.40. The van der Waals surface area contributed by atoms with Crippen LogP contribution in [-0.4, -0.2) is 45.6 Å². The van der Waals surface area contributed by atoms with Crippen molar-refractivity contribution in [3.8, 4) is 28.3 Å². The molecule has 0 bridgehead atoms. The first-order valence-electron chi connectivity index (χ1n) is 15.9. The summed E-state index contributed by atoms with van der Waals surface area (Å²) < 4.78 is 7.98. The number of aryl methyl sites for hydroxylation is 1. The van der Waals surface area contributed by atoms with Crippen LogP contribution in [0, 0.1) is 12.3 Å². The summed E-state index contributed by atoms with van der Waals surface area (Å²) in [5, 5.41) is 10.1. The van der Waals surface area contributed by atoms with Crippen molar-refractivity contribution in [3.63, 3.8) is 0 Å². The van der Waals surface area contributed by atoms with E-state index in [0.29, 0.717) is 35.2 Å². The molecule has 2 unspecified atom stereocenters. The zero-order valence-electron chi connectivity index (χ0n) is 27.9. The van der Waals surface area contributed by atoms with Crippen molar-refractivity contribution < 1.29 is 14.3 Å². The van der Waals surface area contributed by atoms with Crippen molar-refractivity contribution in [2.75, 3.05) is 19.0 Å². The number of anilines is 1. The monoisotopic (exact) mass is 670 g/mol. The van der Waals surface area contributed by atoms with Crippen molar-refractivity contribution >= 4 is 29.1 Å². The third-order valence-corrected chi connectivity index (χ3v) is 9.92. The first-order chi connectivity index (χ1) is 22.8. The van der Waals surface area contributed by atoms with E-state index in [1.807, 2.05) is 37.3 Å². The predicted octanol–water partition coefficient (Wildman–Crippen LogP) is 4.53. The van der Waals surface area contributed by atoms with Gasteiger partial charge >= 0.3 is 5.69 Å². The summed E-state index contributed by atoms with van der Waals surface area (Å²) in [5.74, 6) is 0.00772. The third kappa shape index (κ3) is 5.92. The molecular formula is C36H39ClN6O5. The van der Waals surface area contributed by atoms with E-state index in [2.05, 4.69) is 35.9 Å². The van der Waals surface area contributed by atoms with E-state index in [9.17, 15) is 19.2 Å². The average Bonchev–Trinajstić information content (AvgIpc) is 3.59. The van der Waals surface area contributed by atoms with E-state index in [4.69, 9.17) is 21.3 Å². The van der Waals surface area contributed by atoms with Gasteiger partial charge in [0, 0.05) is 67.7 Å². The van der Waals surface area contributed by atoms with Gasteiger partial charge in [-0.3, -0.25) is 19.0 Å². The largest absolute Gasteiger partial charge is 0.481 e. The average molecular weight is 671 g/mol. The molecule has 3 heterocycles. The standard InChI is InChI=1S/C36H39ClN6O5/c1-19-22(9-8-12-26(19)40-32(45)25-18-42(4)35(47)43(5)34(25)46)23-10-7-11-24(30(23)37)27-15-20-16-36(2,3)31(29(20)33(41-27)48-6)38-17-21-13-14-28(44)39-21/h7-12,15,18,21,31,38H,13-14,16-17H2,1-6H3,(H,39,44)(H,40,45). The molecule has 11 nitrogen and oxygen atoms in total. The van der Waals surface area contributed by atoms with Crippen LogP contribution in [0.2, 0.25) is 5.02 Å². The number of halogens is 1. The molecule has 250 valence electrons. The van der Waals surface area contributed by atoms with Gasteiger partial charge in [-0.2, -0.15) is 0 Å². The maximum atomic E-state index is 13.2. The van der Waals surface area contributed by atoms with Crippen molar-refractivity contribution in [2.24, 2.45) is 19.5 Å². The maximum absolute atomic E-state index is 13.2. The van der Waals surface area contributed by atoms with Crippen molar-refractivity contribution in [2.45, 2.75) is 52.1 Å². The molecular weight excluding hydrogens is 632 g/mol. The van der Waals surface area contributed by atoms with E-state index in [0.717, 1.165) is 50.8 Å². The number of ether oxygens (including phenoxy) is 1. The van der Waals surface area contributed by atoms with Gasteiger partial charge in [0.15, 0.2) is 0 Å². The Kier molecular flexibility index (Phi) is 8.78. The van der Waals surface area contributed by atoms with Crippen molar-refractivity contribution in [1.82, 2.24) is 24.8 Å². The SMILES string of the molecule is COc1nc(-c2cccc(-c3cccc(NC(=O)c4cn(C)c(=O)n(C)c4=O)c3C)c2Cl)cc2c1C(NCC1CCC(=O)N1)C(C)(C)C2. The van der Waals surface area contributed by atoms with Gasteiger partial charge in [0.1, 0.15) is 5.56 Å². The van der Waals surface area contributed by atoms with Crippen LogP contribution in [0.25, 0.3) is 22.4 Å². The van der Waals surface area contributed by atoms with E-state index >= 15 is 0 Å². The Morgan fingerprint density at radius 3 is 2.52 bits per heavy atom. The molecule has 2 aromatic heterocycles. The molecule has 1 aliphatic carbocycles. The maximum Gasteiger partial charge on any atom is 0.330 e. The number of fused-ring (bicyclic) bond motifs is 1. The molecule has 3 N–H and O–H groups in total. The van der Waals surface area contributed by atoms with E-state index in [1.54, 1.807) is 13.2 Å². The Balaban J connectivity index is 1.32. The molecule has 4 aromatic rings. The summed E-state index contributed by atoms with van der Waals surface area (Å²) in [5.41, 5.74) is 4.91. The second-order valence-corrected chi connectivity index (χ2v) is 13.7. The summed E-state index contributed by atoms with van der Waals surface area (Å²) in [7, 11) is 4.45. The number of rotatable bonds is 8. The van der Waals surface area contributed by atoms with Crippen LogP contribution >= 0.6 is 11.6 Å². The highest BCUT2D eigenvalue weighted by molar-refractivity contribution is 6.36. The van der Waals surface area contributed by atoms with Crippen molar-refractivity contribution in [3.05, 3.63) is 96.8 Å². The second-order valence-electron chi connectivity index (χ2n) is 13.3. The number of hydrogen-bond acceptors (Lipinski definition) is 7. The number of amides is 2. The Labute approximate surface area is 283 Å². The normalized spacial score (nSPS) is 18.0. The van der Waals surface area contributed by atoms with Gasteiger partial charge in [0.05, 0.1) is 17.8 Å². The summed E-state index contributed by atoms with van der Waals surface area (Å²) >= 11 is 7.15. The number of benzene rings is 2. The number of methoxy groups -OCH3 is 1. The molecule has 12 heteroatoms. The molecule has 0 spiro atoms. The minimum absolute atomic E-state index is 0.00939. The summed E-state index contributed by atoms with van der Waals surface area (Å²) in [6.45, 7) is 6.97. The highest BCUT2D eigenvalue weighted by Crippen LogP contribution is 2.50. The van der Waals surface area contributed by atoms with Gasteiger partial charge in [-0.05, 0) is 54.0 Å². The number of hydrogen-bond donors (Lipinski definition) is 3. The van der Waals surface area contributed by atoms with E-state index in [-0.39, 0.29) is 29.0 Å².